The largest absolute Gasteiger partial charge is 0.454 e. The van der Waals surface area contributed by atoms with Crippen molar-refractivity contribution in [3.8, 4) is 16.6 Å². The number of carbonyl (C=O) groups is 1. The van der Waals surface area contributed by atoms with Gasteiger partial charge < -0.3 is 9.73 Å². The Morgan fingerprint density at radius 2 is 1.81 bits per heavy atom. The van der Waals surface area contributed by atoms with Crippen LogP contribution in [0, 0.1) is 6.92 Å². The van der Waals surface area contributed by atoms with Gasteiger partial charge in [-0.2, -0.15) is 14.1 Å². The Morgan fingerprint density at radius 1 is 1.05 bits per heavy atom. The van der Waals surface area contributed by atoms with Crippen molar-refractivity contribution in [2.45, 2.75) is 24.7 Å². The van der Waals surface area contributed by atoms with E-state index in [0.717, 1.165) is 23.8 Å². The Balaban J connectivity index is 1.23. The molecule has 1 fully saturated rings. The molecule has 1 aliphatic rings. The van der Waals surface area contributed by atoms with E-state index in [2.05, 4.69) is 15.4 Å². The monoisotopic (exact) mass is 533 g/mol. The Kier molecular flexibility index (Phi) is 5.90. The number of sulfonamides is 1. The second-order valence-corrected chi connectivity index (χ2v) is 11.6. The van der Waals surface area contributed by atoms with E-state index in [1.54, 1.807) is 10.7 Å². The summed E-state index contributed by atoms with van der Waals surface area (Å²) >= 11 is 1.38. The van der Waals surface area contributed by atoms with Gasteiger partial charge in [-0.15, -0.1) is 11.3 Å². The molecule has 0 aliphatic carbocycles. The molecule has 3 aromatic heterocycles. The highest BCUT2D eigenvalue weighted by atomic mass is 32.2. The minimum atomic E-state index is -3.54. The predicted octanol–water partition coefficient (Wildman–Crippen LogP) is 5.09. The molecule has 11 heteroatoms. The number of carbonyl (C=O) groups excluding carboxylic acids is 1. The first-order chi connectivity index (χ1) is 17.9. The quantitative estimate of drug-likeness (QED) is 0.326. The van der Waals surface area contributed by atoms with Gasteiger partial charge in [0.15, 0.2) is 5.76 Å². The number of nitrogens with zero attached hydrogens (tertiary/aromatic N) is 4. The summed E-state index contributed by atoms with van der Waals surface area (Å²) in [5, 5.41) is 10.8. The Bertz CT molecular complexity index is 1680. The van der Waals surface area contributed by atoms with Crippen molar-refractivity contribution in [2.75, 3.05) is 18.4 Å². The van der Waals surface area contributed by atoms with Crippen molar-refractivity contribution in [2.24, 2.45) is 0 Å². The number of para-hydroxylation sites is 1. The molecule has 0 atom stereocenters. The zero-order valence-electron chi connectivity index (χ0n) is 19.9. The number of aromatic nitrogens is 3. The lowest BCUT2D eigenvalue weighted by atomic mass is 10.2. The van der Waals surface area contributed by atoms with Gasteiger partial charge in [0, 0.05) is 35.5 Å². The van der Waals surface area contributed by atoms with Crippen molar-refractivity contribution in [3.05, 3.63) is 77.3 Å². The minimum absolute atomic E-state index is 0.188. The van der Waals surface area contributed by atoms with E-state index in [1.165, 1.54) is 39.9 Å². The maximum atomic E-state index is 13.0. The minimum Gasteiger partial charge on any atom is -0.454 e. The smallest absolute Gasteiger partial charge is 0.256 e. The van der Waals surface area contributed by atoms with E-state index in [4.69, 9.17) is 4.42 Å². The van der Waals surface area contributed by atoms with E-state index in [9.17, 15) is 13.2 Å². The van der Waals surface area contributed by atoms with Crippen LogP contribution in [0.1, 0.15) is 28.9 Å². The Morgan fingerprint density at radius 3 is 2.57 bits per heavy atom. The van der Waals surface area contributed by atoms with Gasteiger partial charge in [0.1, 0.15) is 17.1 Å². The van der Waals surface area contributed by atoms with Gasteiger partial charge in [-0.25, -0.2) is 13.4 Å². The number of amides is 1. The summed E-state index contributed by atoms with van der Waals surface area (Å²) in [6, 6.07) is 17.5. The maximum absolute atomic E-state index is 13.0. The van der Waals surface area contributed by atoms with Crippen LogP contribution in [-0.4, -0.2) is 46.5 Å². The number of thiazole rings is 1. The summed E-state index contributed by atoms with van der Waals surface area (Å²) in [4.78, 5) is 17.9. The SMILES string of the molecule is Cc1cc(NC(=O)c2ccc(S(=O)(=O)N3CCCC3)cc2)n(-c2nc(-c3cc4ccccc4o3)cs2)n1. The predicted molar refractivity (Wildman–Crippen MR) is 142 cm³/mol. The molecule has 9 nitrogen and oxygen atoms in total. The van der Waals surface area contributed by atoms with E-state index in [1.807, 2.05) is 42.6 Å². The summed E-state index contributed by atoms with van der Waals surface area (Å²) in [6.07, 6.45) is 1.73. The number of aryl methyl sites for hydroxylation is 1. The highest BCUT2D eigenvalue weighted by Crippen LogP contribution is 2.31. The van der Waals surface area contributed by atoms with Crippen LogP contribution < -0.4 is 5.32 Å². The molecule has 188 valence electrons. The number of rotatable bonds is 6. The fourth-order valence-electron chi connectivity index (χ4n) is 4.36. The molecule has 1 amide bonds. The van der Waals surface area contributed by atoms with Gasteiger partial charge in [-0.05, 0) is 56.2 Å². The van der Waals surface area contributed by atoms with Crippen LogP contribution in [0.5, 0.6) is 0 Å². The highest BCUT2D eigenvalue weighted by molar-refractivity contribution is 7.89. The van der Waals surface area contributed by atoms with Crippen molar-refractivity contribution in [3.63, 3.8) is 0 Å². The van der Waals surface area contributed by atoms with Gasteiger partial charge in [0.2, 0.25) is 15.2 Å². The van der Waals surface area contributed by atoms with Gasteiger partial charge >= 0.3 is 0 Å². The number of anilines is 1. The van der Waals surface area contributed by atoms with Crippen molar-refractivity contribution in [1.82, 2.24) is 19.1 Å². The Hall–Kier alpha value is -3.80. The van der Waals surface area contributed by atoms with E-state index >= 15 is 0 Å². The first kappa shape index (κ1) is 23.6. The van der Waals surface area contributed by atoms with E-state index in [0.29, 0.717) is 46.8 Å². The van der Waals surface area contributed by atoms with Gasteiger partial charge in [0.25, 0.3) is 5.91 Å². The fraction of sp³-hybridized carbons (Fsp3) is 0.192. The van der Waals surface area contributed by atoms with E-state index in [-0.39, 0.29) is 10.8 Å². The fourth-order valence-corrected chi connectivity index (χ4v) is 6.65. The summed E-state index contributed by atoms with van der Waals surface area (Å²) in [6.45, 7) is 2.89. The summed E-state index contributed by atoms with van der Waals surface area (Å²) in [5.74, 6) is 0.740. The molecule has 0 radical (unpaired) electrons. The first-order valence-corrected chi connectivity index (χ1v) is 14.1. The molecule has 0 spiro atoms. The maximum Gasteiger partial charge on any atom is 0.256 e. The third-order valence-electron chi connectivity index (χ3n) is 6.24. The summed E-state index contributed by atoms with van der Waals surface area (Å²) < 4.78 is 34.5. The number of benzene rings is 2. The normalized spacial score (nSPS) is 14.4. The third-order valence-corrected chi connectivity index (χ3v) is 8.97. The van der Waals surface area contributed by atoms with Crippen LogP contribution in [0.4, 0.5) is 5.82 Å². The second kappa shape index (κ2) is 9.25. The van der Waals surface area contributed by atoms with Crippen LogP contribution in [0.15, 0.2) is 75.4 Å². The number of fused-ring (bicyclic) bond motifs is 1. The molecule has 4 heterocycles. The van der Waals surface area contributed by atoms with Crippen LogP contribution in [0.25, 0.3) is 27.6 Å². The van der Waals surface area contributed by atoms with Crippen LogP contribution in [-0.2, 0) is 10.0 Å². The first-order valence-electron chi connectivity index (χ1n) is 11.8. The molecule has 37 heavy (non-hydrogen) atoms. The molecule has 0 bridgehead atoms. The van der Waals surface area contributed by atoms with Crippen molar-refractivity contribution in [1.29, 1.82) is 0 Å². The molecule has 6 rings (SSSR count). The Labute approximate surface area is 217 Å². The molecule has 1 aliphatic heterocycles. The summed E-state index contributed by atoms with van der Waals surface area (Å²) in [5.41, 5.74) is 2.52. The van der Waals surface area contributed by atoms with Crippen LogP contribution in [0.2, 0.25) is 0 Å². The summed E-state index contributed by atoms with van der Waals surface area (Å²) in [7, 11) is -3.54. The van der Waals surface area contributed by atoms with Gasteiger partial charge in [0.05, 0.1) is 10.6 Å². The number of hydrogen-bond donors (Lipinski definition) is 1. The third kappa shape index (κ3) is 4.45. The molecule has 0 saturated carbocycles. The van der Waals surface area contributed by atoms with Crippen LogP contribution in [0.3, 0.4) is 0 Å². The lowest BCUT2D eigenvalue weighted by Gasteiger charge is -2.15. The molecule has 2 aromatic carbocycles. The van der Waals surface area contributed by atoms with Crippen LogP contribution >= 0.6 is 11.3 Å². The number of nitrogens with one attached hydrogen (secondary N) is 1. The number of hydrogen-bond acceptors (Lipinski definition) is 7. The number of furan rings is 1. The molecular weight excluding hydrogens is 510 g/mol. The standard InChI is InChI=1S/C26H23N5O4S2/c1-17-14-24(28-25(32)18-8-10-20(11-9-18)37(33,34)30-12-4-5-13-30)31(29-17)26-27-21(16-36-26)23-15-19-6-2-3-7-22(19)35-23/h2-3,6-11,14-16H,4-5,12-13H2,1H3,(H,28,32). The molecule has 1 N–H and O–H groups in total. The van der Waals surface area contributed by atoms with Gasteiger partial charge in [-0.1, -0.05) is 18.2 Å². The average Bonchev–Trinajstić information content (AvgIpc) is 3.70. The van der Waals surface area contributed by atoms with Crippen molar-refractivity contribution >= 4 is 44.1 Å². The molecule has 5 aromatic rings. The highest BCUT2D eigenvalue weighted by Gasteiger charge is 2.27. The zero-order valence-corrected chi connectivity index (χ0v) is 21.6. The molecule has 0 unspecified atom stereocenters. The average molecular weight is 534 g/mol. The topological polar surface area (TPSA) is 110 Å². The zero-order chi connectivity index (χ0) is 25.6. The molecule has 1 saturated heterocycles. The lowest BCUT2D eigenvalue weighted by molar-refractivity contribution is 0.102. The van der Waals surface area contributed by atoms with E-state index < -0.39 is 10.0 Å². The van der Waals surface area contributed by atoms with Crippen molar-refractivity contribution < 1.29 is 17.6 Å². The second-order valence-electron chi connectivity index (χ2n) is 8.84. The lowest BCUT2D eigenvalue weighted by Crippen LogP contribution is -2.27. The van der Waals surface area contributed by atoms with Gasteiger partial charge in [-0.3, -0.25) is 4.79 Å². The molecular formula is C26H23N5O4S2.